The Balaban J connectivity index is 2.96. The summed E-state index contributed by atoms with van der Waals surface area (Å²) < 4.78 is 22.9. The summed E-state index contributed by atoms with van der Waals surface area (Å²) in [6.45, 7) is 5.12. The summed E-state index contributed by atoms with van der Waals surface area (Å²) in [6.07, 6.45) is -1.02. The molecular formula is C10H19NO5S. The molecule has 1 aliphatic heterocycles. The second-order valence-corrected chi connectivity index (χ2v) is 7.56. The van der Waals surface area contributed by atoms with Crippen LogP contribution in [0.1, 0.15) is 20.8 Å². The zero-order valence-corrected chi connectivity index (χ0v) is 11.1. The van der Waals surface area contributed by atoms with Gasteiger partial charge in [0.25, 0.3) is 0 Å². The van der Waals surface area contributed by atoms with Crippen molar-refractivity contribution in [1.29, 1.82) is 0 Å². The van der Waals surface area contributed by atoms with Gasteiger partial charge < -0.3 is 10.2 Å². The number of carboxylic acid groups (broad SMARTS) is 1. The molecule has 6 nitrogen and oxygen atoms in total. The summed E-state index contributed by atoms with van der Waals surface area (Å²) in [5, 5.41) is 18.6. The minimum atomic E-state index is -3.27. The fraction of sp³-hybridized carbons (Fsp3) is 0.900. The van der Waals surface area contributed by atoms with Crippen LogP contribution in [0, 0.1) is 0 Å². The molecule has 0 aromatic carbocycles. The number of hydrogen-bond acceptors (Lipinski definition) is 5. The van der Waals surface area contributed by atoms with Crippen molar-refractivity contribution in [2.75, 3.05) is 18.1 Å². The maximum Gasteiger partial charge on any atom is 0.317 e. The summed E-state index contributed by atoms with van der Waals surface area (Å²) in [5.41, 5.74) is -0.510. The molecule has 0 bridgehead atoms. The van der Waals surface area contributed by atoms with Crippen LogP contribution in [0.25, 0.3) is 0 Å². The number of aliphatic carboxylic acids is 1. The van der Waals surface area contributed by atoms with Crippen molar-refractivity contribution in [3.05, 3.63) is 0 Å². The van der Waals surface area contributed by atoms with E-state index in [2.05, 4.69) is 0 Å². The van der Waals surface area contributed by atoms with Crippen molar-refractivity contribution in [1.82, 2.24) is 4.90 Å². The fourth-order valence-electron chi connectivity index (χ4n) is 2.11. The second kappa shape index (κ2) is 4.55. The molecule has 7 heteroatoms. The number of hydrogen-bond donors (Lipinski definition) is 2. The van der Waals surface area contributed by atoms with E-state index in [1.165, 1.54) is 4.90 Å². The van der Waals surface area contributed by atoms with Gasteiger partial charge in [0.05, 0.1) is 30.2 Å². The van der Waals surface area contributed by atoms with Crippen molar-refractivity contribution in [2.45, 2.75) is 38.5 Å². The van der Waals surface area contributed by atoms with Crippen molar-refractivity contribution in [2.24, 2.45) is 0 Å². The fourth-order valence-corrected chi connectivity index (χ4v) is 3.91. The highest BCUT2D eigenvalue weighted by molar-refractivity contribution is 7.91. The molecule has 2 N–H and O–H groups in total. The highest BCUT2D eigenvalue weighted by Crippen LogP contribution is 2.25. The summed E-state index contributed by atoms with van der Waals surface area (Å²) in [6, 6.07) is -0.643. The van der Waals surface area contributed by atoms with Crippen LogP contribution in [0.3, 0.4) is 0 Å². The molecule has 2 atom stereocenters. The molecule has 0 radical (unpaired) electrons. The van der Waals surface area contributed by atoms with Gasteiger partial charge in [0.15, 0.2) is 9.84 Å². The molecule has 1 saturated heterocycles. The van der Waals surface area contributed by atoms with E-state index in [0.717, 1.165) is 0 Å². The van der Waals surface area contributed by atoms with Crippen LogP contribution in [0.2, 0.25) is 0 Å². The van der Waals surface area contributed by atoms with Crippen molar-refractivity contribution < 1.29 is 23.4 Å². The average Bonchev–Trinajstić information content (AvgIpc) is 2.33. The quantitative estimate of drug-likeness (QED) is 0.702. The van der Waals surface area contributed by atoms with Gasteiger partial charge in [-0.15, -0.1) is 0 Å². The van der Waals surface area contributed by atoms with E-state index in [-0.39, 0.29) is 18.1 Å². The zero-order valence-electron chi connectivity index (χ0n) is 10.3. The number of sulfone groups is 1. The van der Waals surface area contributed by atoms with Gasteiger partial charge in [-0.05, 0) is 20.8 Å². The Bertz CT molecular complexity index is 397. The number of aliphatic hydroxyl groups is 1. The van der Waals surface area contributed by atoms with Gasteiger partial charge in [0.2, 0.25) is 0 Å². The summed E-state index contributed by atoms with van der Waals surface area (Å²) >= 11 is 0. The third kappa shape index (κ3) is 3.65. The minimum Gasteiger partial charge on any atom is -0.480 e. The number of nitrogens with zero attached hydrogens (tertiary/aromatic N) is 1. The molecule has 1 rings (SSSR count). The van der Waals surface area contributed by atoms with Crippen LogP contribution in [0.5, 0.6) is 0 Å². The molecule has 0 amide bonds. The smallest absolute Gasteiger partial charge is 0.317 e. The molecule has 0 aromatic heterocycles. The Labute approximate surface area is 101 Å². The summed E-state index contributed by atoms with van der Waals surface area (Å²) in [5.74, 6) is -1.50. The lowest BCUT2D eigenvalue weighted by Crippen LogP contribution is -2.54. The van der Waals surface area contributed by atoms with Crippen LogP contribution in [-0.2, 0) is 14.6 Å². The van der Waals surface area contributed by atoms with E-state index < -0.39 is 33.5 Å². The maximum absolute atomic E-state index is 11.4. The molecule has 2 unspecified atom stereocenters. The van der Waals surface area contributed by atoms with Crippen molar-refractivity contribution in [3.63, 3.8) is 0 Å². The zero-order chi connectivity index (χ0) is 13.4. The first kappa shape index (κ1) is 14.4. The predicted octanol–water partition coefficient (Wildman–Crippen LogP) is -0.671. The molecule has 0 saturated carbocycles. The monoisotopic (exact) mass is 265 g/mol. The first-order valence-corrected chi connectivity index (χ1v) is 7.22. The Morgan fingerprint density at radius 3 is 2.18 bits per heavy atom. The third-order valence-electron chi connectivity index (χ3n) is 2.86. The lowest BCUT2D eigenvalue weighted by molar-refractivity contribution is -0.141. The maximum atomic E-state index is 11.4. The first-order valence-electron chi connectivity index (χ1n) is 5.40. The lowest BCUT2D eigenvalue weighted by atomic mass is 10.0. The van der Waals surface area contributed by atoms with Gasteiger partial charge in [-0.25, -0.2) is 8.42 Å². The lowest BCUT2D eigenvalue weighted by Gasteiger charge is -2.39. The summed E-state index contributed by atoms with van der Waals surface area (Å²) in [7, 11) is -3.27. The minimum absolute atomic E-state index is 0.182. The van der Waals surface area contributed by atoms with Gasteiger partial charge in [-0.3, -0.25) is 9.69 Å². The molecular weight excluding hydrogens is 246 g/mol. The SMILES string of the molecule is CC(C)(C)N(CC(=O)O)C1CS(=O)(=O)CC1O. The Morgan fingerprint density at radius 2 is 1.88 bits per heavy atom. The van der Waals surface area contributed by atoms with E-state index in [4.69, 9.17) is 5.11 Å². The standard InChI is InChI=1S/C10H19NO5S/c1-10(2,3)11(4-9(13)14)7-5-17(15,16)6-8(7)12/h7-8,12H,4-6H2,1-3H3,(H,13,14). The molecule has 1 aliphatic rings. The second-order valence-electron chi connectivity index (χ2n) is 5.40. The molecule has 17 heavy (non-hydrogen) atoms. The largest absolute Gasteiger partial charge is 0.480 e. The van der Waals surface area contributed by atoms with Gasteiger partial charge in [0.1, 0.15) is 0 Å². The summed E-state index contributed by atoms with van der Waals surface area (Å²) in [4.78, 5) is 12.3. The van der Waals surface area contributed by atoms with E-state index in [9.17, 15) is 18.3 Å². The molecule has 1 heterocycles. The number of aliphatic hydroxyl groups excluding tert-OH is 1. The number of rotatable bonds is 3. The molecule has 0 aliphatic carbocycles. The highest BCUT2D eigenvalue weighted by Gasteiger charge is 2.43. The first-order chi connectivity index (χ1) is 7.53. The Morgan fingerprint density at radius 1 is 1.35 bits per heavy atom. The van der Waals surface area contributed by atoms with E-state index >= 15 is 0 Å². The van der Waals surface area contributed by atoms with Crippen molar-refractivity contribution in [3.8, 4) is 0 Å². The topological polar surface area (TPSA) is 94.9 Å². The van der Waals surface area contributed by atoms with Crippen LogP contribution in [-0.4, -0.2) is 65.2 Å². The van der Waals surface area contributed by atoms with Crippen LogP contribution in [0.15, 0.2) is 0 Å². The molecule has 0 spiro atoms. The van der Waals surface area contributed by atoms with E-state index in [0.29, 0.717) is 0 Å². The van der Waals surface area contributed by atoms with Gasteiger partial charge in [-0.2, -0.15) is 0 Å². The van der Waals surface area contributed by atoms with Crippen LogP contribution < -0.4 is 0 Å². The van der Waals surface area contributed by atoms with Gasteiger partial charge in [0, 0.05) is 5.54 Å². The average molecular weight is 265 g/mol. The Hall–Kier alpha value is -0.660. The van der Waals surface area contributed by atoms with Gasteiger partial charge in [-0.1, -0.05) is 0 Å². The number of carboxylic acids is 1. The molecule has 1 fully saturated rings. The van der Waals surface area contributed by atoms with Crippen LogP contribution >= 0.6 is 0 Å². The number of carbonyl (C=O) groups is 1. The van der Waals surface area contributed by atoms with E-state index in [1.54, 1.807) is 20.8 Å². The highest BCUT2D eigenvalue weighted by atomic mass is 32.2. The van der Waals surface area contributed by atoms with Crippen LogP contribution in [0.4, 0.5) is 0 Å². The third-order valence-corrected chi connectivity index (χ3v) is 4.56. The van der Waals surface area contributed by atoms with E-state index in [1.807, 2.05) is 0 Å². The predicted molar refractivity (Wildman–Crippen MR) is 62.5 cm³/mol. The van der Waals surface area contributed by atoms with Gasteiger partial charge >= 0.3 is 5.97 Å². The van der Waals surface area contributed by atoms with Crippen molar-refractivity contribution >= 4 is 15.8 Å². The molecule has 0 aromatic rings. The Kier molecular flexibility index (Phi) is 3.85. The molecule has 100 valence electrons. The normalized spacial score (nSPS) is 28.5.